The van der Waals surface area contributed by atoms with Crippen molar-refractivity contribution in [3.05, 3.63) is 23.8 Å². The maximum atomic E-state index is 9.10. The number of hydrogen-bond donors (Lipinski definition) is 1. The van der Waals surface area contributed by atoms with Gasteiger partial charge in [0.2, 0.25) is 0 Å². The van der Waals surface area contributed by atoms with E-state index in [0.717, 1.165) is 12.8 Å². The lowest BCUT2D eigenvalue weighted by Gasteiger charge is -2.03. The normalized spacial score (nSPS) is 31.8. The van der Waals surface area contributed by atoms with E-state index in [-0.39, 0.29) is 6.10 Å². The van der Waals surface area contributed by atoms with E-state index >= 15 is 0 Å². The van der Waals surface area contributed by atoms with Crippen molar-refractivity contribution in [3.63, 3.8) is 0 Å². The van der Waals surface area contributed by atoms with E-state index in [1.54, 1.807) is 0 Å². The molecule has 0 aromatic carbocycles. The van der Waals surface area contributed by atoms with Gasteiger partial charge in [0, 0.05) is 5.92 Å². The molecule has 0 aromatic heterocycles. The largest absolute Gasteiger partial charge is 0.392 e. The molecule has 1 N–H and O–H groups in total. The quantitative estimate of drug-likeness (QED) is 0.635. The zero-order valence-corrected chi connectivity index (χ0v) is 7.96. The Bertz CT molecular complexity index is 191. The van der Waals surface area contributed by atoms with Crippen molar-refractivity contribution < 1.29 is 5.11 Å². The molecule has 0 heterocycles. The highest BCUT2D eigenvalue weighted by Gasteiger charge is 2.37. The van der Waals surface area contributed by atoms with Gasteiger partial charge in [-0.15, -0.1) is 0 Å². The fourth-order valence-electron chi connectivity index (χ4n) is 1.45. The third-order valence-corrected chi connectivity index (χ3v) is 2.21. The van der Waals surface area contributed by atoms with Gasteiger partial charge in [0.25, 0.3) is 0 Å². The van der Waals surface area contributed by atoms with Crippen LogP contribution in [0.2, 0.25) is 0 Å². The molecule has 0 amide bonds. The van der Waals surface area contributed by atoms with E-state index in [2.05, 4.69) is 18.2 Å². The summed E-state index contributed by atoms with van der Waals surface area (Å²) in [6.45, 7) is 4.00. The highest BCUT2D eigenvalue weighted by Crippen LogP contribution is 2.38. The molecular formula is C11H18O. The van der Waals surface area contributed by atoms with Crippen LogP contribution < -0.4 is 0 Å². The molecule has 1 nitrogen and oxygen atoms in total. The number of aliphatic hydroxyl groups is 1. The van der Waals surface area contributed by atoms with Gasteiger partial charge in [-0.05, 0) is 24.8 Å². The molecule has 0 bridgehead atoms. The molecule has 2 atom stereocenters. The first kappa shape index (κ1) is 9.53. The van der Waals surface area contributed by atoms with Crippen LogP contribution in [0.25, 0.3) is 0 Å². The Hall–Kier alpha value is -0.560. The number of aliphatic hydroxyl groups excluding tert-OH is 1. The molecule has 1 fully saturated rings. The van der Waals surface area contributed by atoms with Crippen molar-refractivity contribution in [3.8, 4) is 0 Å². The summed E-state index contributed by atoms with van der Waals surface area (Å²) >= 11 is 0. The number of allylic oxidation sites excluding steroid dienone is 3. The van der Waals surface area contributed by atoms with Gasteiger partial charge < -0.3 is 5.11 Å². The molecule has 1 heteroatoms. The van der Waals surface area contributed by atoms with Crippen molar-refractivity contribution in [2.45, 2.75) is 39.2 Å². The molecule has 2 aliphatic carbocycles. The number of hydrogen-bond acceptors (Lipinski definition) is 1. The standard InChI is InChI=1S/C9H12O.C2H6/c10-9-6-8(9)7-4-2-1-3-5-7;1-2/h2,4-5,8-10H,1,3,6H2;1-2H3. The van der Waals surface area contributed by atoms with Gasteiger partial charge in [-0.2, -0.15) is 0 Å². The van der Waals surface area contributed by atoms with Crippen LogP contribution in [-0.2, 0) is 0 Å². The fraction of sp³-hybridized carbons (Fsp3) is 0.636. The smallest absolute Gasteiger partial charge is 0.0616 e. The van der Waals surface area contributed by atoms with Crippen molar-refractivity contribution in [1.29, 1.82) is 0 Å². The van der Waals surface area contributed by atoms with Gasteiger partial charge >= 0.3 is 0 Å². The minimum atomic E-state index is -0.0333. The van der Waals surface area contributed by atoms with Crippen molar-refractivity contribution in [2.75, 3.05) is 0 Å². The molecular weight excluding hydrogens is 148 g/mol. The van der Waals surface area contributed by atoms with Crippen LogP contribution in [0, 0.1) is 5.92 Å². The molecule has 2 aliphatic rings. The van der Waals surface area contributed by atoms with Gasteiger partial charge in [-0.3, -0.25) is 0 Å². The molecule has 0 spiro atoms. The van der Waals surface area contributed by atoms with E-state index in [0.29, 0.717) is 5.92 Å². The first-order valence-corrected chi connectivity index (χ1v) is 4.92. The predicted octanol–water partition coefficient (Wildman–Crippen LogP) is 2.67. The Morgan fingerprint density at radius 2 is 2.00 bits per heavy atom. The second kappa shape index (κ2) is 4.46. The monoisotopic (exact) mass is 166 g/mol. The Morgan fingerprint density at radius 3 is 2.42 bits per heavy atom. The molecule has 1 saturated carbocycles. The molecule has 0 saturated heterocycles. The van der Waals surface area contributed by atoms with E-state index in [9.17, 15) is 0 Å². The summed E-state index contributed by atoms with van der Waals surface area (Å²) in [5, 5.41) is 9.10. The van der Waals surface area contributed by atoms with E-state index in [4.69, 9.17) is 5.11 Å². The first-order chi connectivity index (χ1) is 5.88. The average molecular weight is 166 g/mol. The third-order valence-electron chi connectivity index (χ3n) is 2.21. The predicted molar refractivity (Wildman–Crippen MR) is 51.9 cm³/mol. The maximum Gasteiger partial charge on any atom is 0.0616 e. The summed E-state index contributed by atoms with van der Waals surface area (Å²) in [6, 6.07) is 0. The average Bonchev–Trinajstić information content (AvgIpc) is 2.88. The summed E-state index contributed by atoms with van der Waals surface area (Å²) < 4.78 is 0. The molecule has 0 aliphatic heterocycles. The zero-order valence-electron chi connectivity index (χ0n) is 7.96. The summed E-state index contributed by atoms with van der Waals surface area (Å²) in [6.07, 6.45) is 9.89. The van der Waals surface area contributed by atoms with E-state index < -0.39 is 0 Å². The molecule has 0 aromatic rings. The zero-order chi connectivity index (χ0) is 8.97. The minimum absolute atomic E-state index is 0.0333. The second-order valence-corrected chi connectivity index (χ2v) is 3.09. The van der Waals surface area contributed by atoms with Crippen LogP contribution in [0.4, 0.5) is 0 Å². The van der Waals surface area contributed by atoms with Crippen LogP contribution >= 0.6 is 0 Å². The lowest BCUT2D eigenvalue weighted by atomic mass is 10.0. The van der Waals surface area contributed by atoms with E-state index in [1.807, 2.05) is 13.8 Å². The molecule has 68 valence electrons. The lowest BCUT2D eigenvalue weighted by molar-refractivity contribution is 0.266. The first-order valence-electron chi connectivity index (χ1n) is 4.92. The van der Waals surface area contributed by atoms with Gasteiger partial charge in [0.05, 0.1) is 6.10 Å². The second-order valence-electron chi connectivity index (χ2n) is 3.09. The van der Waals surface area contributed by atoms with Crippen molar-refractivity contribution in [1.82, 2.24) is 0 Å². The maximum absolute atomic E-state index is 9.10. The van der Waals surface area contributed by atoms with Crippen molar-refractivity contribution in [2.24, 2.45) is 5.92 Å². The van der Waals surface area contributed by atoms with Gasteiger partial charge in [-0.1, -0.05) is 32.1 Å². The van der Waals surface area contributed by atoms with E-state index in [1.165, 1.54) is 12.0 Å². The van der Waals surface area contributed by atoms with Gasteiger partial charge in [0.15, 0.2) is 0 Å². The molecule has 12 heavy (non-hydrogen) atoms. The summed E-state index contributed by atoms with van der Waals surface area (Å²) in [7, 11) is 0. The van der Waals surface area contributed by atoms with Crippen LogP contribution in [0.3, 0.4) is 0 Å². The molecule has 2 unspecified atom stereocenters. The SMILES string of the molecule is CC.OC1CC1C1=CCCC=C1. The lowest BCUT2D eigenvalue weighted by Crippen LogP contribution is -1.91. The van der Waals surface area contributed by atoms with Crippen LogP contribution in [0.5, 0.6) is 0 Å². The fourth-order valence-corrected chi connectivity index (χ4v) is 1.45. The van der Waals surface area contributed by atoms with Gasteiger partial charge in [-0.25, -0.2) is 0 Å². The van der Waals surface area contributed by atoms with Crippen LogP contribution in [-0.4, -0.2) is 11.2 Å². The summed E-state index contributed by atoms with van der Waals surface area (Å²) in [5.41, 5.74) is 1.36. The summed E-state index contributed by atoms with van der Waals surface area (Å²) in [4.78, 5) is 0. The summed E-state index contributed by atoms with van der Waals surface area (Å²) in [5.74, 6) is 0.483. The molecule has 2 rings (SSSR count). The van der Waals surface area contributed by atoms with Crippen LogP contribution in [0.15, 0.2) is 23.8 Å². The Kier molecular flexibility index (Phi) is 3.54. The Labute approximate surface area is 74.8 Å². The van der Waals surface area contributed by atoms with Crippen molar-refractivity contribution >= 4 is 0 Å². The highest BCUT2D eigenvalue weighted by atomic mass is 16.3. The highest BCUT2D eigenvalue weighted by molar-refractivity contribution is 5.30. The number of rotatable bonds is 1. The third kappa shape index (κ3) is 2.21. The Balaban J connectivity index is 0.000000336. The molecule has 0 radical (unpaired) electrons. The topological polar surface area (TPSA) is 20.2 Å². The Morgan fingerprint density at radius 1 is 1.33 bits per heavy atom. The van der Waals surface area contributed by atoms with Gasteiger partial charge in [0.1, 0.15) is 0 Å². The minimum Gasteiger partial charge on any atom is -0.392 e. The van der Waals surface area contributed by atoms with Crippen LogP contribution in [0.1, 0.15) is 33.1 Å².